The van der Waals surface area contributed by atoms with Crippen molar-refractivity contribution in [3.63, 3.8) is 0 Å². The third-order valence-electron chi connectivity index (χ3n) is 8.21. The molecule has 1 aromatic heterocycles. The molecule has 1 aliphatic heterocycles. The van der Waals surface area contributed by atoms with Crippen molar-refractivity contribution in [2.24, 2.45) is 0 Å². The average molecular weight is 532 g/mol. The molecule has 1 aliphatic carbocycles. The van der Waals surface area contributed by atoms with Gasteiger partial charge in [0.2, 0.25) is 5.91 Å². The third-order valence-corrected chi connectivity index (χ3v) is 8.21. The van der Waals surface area contributed by atoms with Crippen molar-refractivity contribution in [2.45, 2.75) is 64.5 Å². The Morgan fingerprint density at radius 2 is 1.57 bits per heavy atom. The highest BCUT2D eigenvalue weighted by atomic mass is 16.2. The molecule has 40 heavy (non-hydrogen) atoms. The van der Waals surface area contributed by atoms with E-state index in [4.69, 9.17) is 0 Å². The second-order valence-electron chi connectivity index (χ2n) is 11.2. The number of nitrogens with zero attached hydrogens (tertiary/aromatic N) is 3. The highest BCUT2D eigenvalue weighted by molar-refractivity contribution is 6.03. The lowest BCUT2D eigenvalue weighted by Crippen LogP contribution is -2.47. The van der Waals surface area contributed by atoms with Crippen LogP contribution in [0.1, 0.15) is 77.8 Å². The van der Waals surface area contributed by atoms with Crippen molar-refractivity contribution in [2.75, 3.05) is 11.4 Å². The van der Waals surface area contributed by atoms with E-state index in [-0.39, 0.29) is 30.4 Å². The van der Waals surface area contributed by atoms with Gasteiger partial charge in [-0.15, -0.1) is 0 Å². The molecule has 1 saturated carbocycles. The molecule has 0 saturated heterocycles. The molecule has 0 N–H and O–H groups in total. The van der Waals surface area contributed by atoms with Gasteiger partial charge in [-0.2, -0.15) is 0 Å². The minimum atomic E-state index is -0.281. The van der Waals surface area contributed by atoms with E-state index in [1.165, 1.54) is 24.0 Å². The molecule has 0 radical (unpaired) electrons. The minimum Gasteiger partial charge on any atom is -0.326 e. The molecule has 3 aromatic carbocycles. The zero-order valence-corrected chi connectivity index (χ0v) is 23.4. The van der Waals surface area contributed by atoms with Crippen LogP contribution in [0.5, 0.6) is 0 Å². The summed E-state index contributed by atoms with van der Waals surface area (Å²) in [6, 6.07) is 28.4. The Morgan fingerprint density at radius 3 is 2.27 bits per heavy atom. The second-order valence-corrected chi connectivity index (χ2v) is 11.2. The van der Waals surface area contributed by atoms with Crippen LogP contribution in [0.3, 0.4) is 0 Å². The van der Waals surface area contributed by atoms with Crippen LogP contribution in [0, 0.1) is 6.92 Å². The molecule has 5 heteroatoms. The van der Waals surface area contributed by atoms with Gasteiger partial charge in [-0.3, -0.25) is 14.5 Å². The van der Waals surface area contributed by atoms with E-state index >= 15 is 0 Å². The standard InChI is InChI=1S/C35H37N3O2/c1-3-4-5-9-26-15-19-28(20-16-26)35(40)37(29-21-22-29)24-33(39)38-31-11-7-6-10-30(31)36-23-8-12-32(36)34(38)27-17-13-25(2)14-18-27/h6-8,10-20,23,29,34H,3-5,9,21-22,24H2,1-2H3. The number of amides is 2. The number of hydrogen-bond donors (Lipinski definition) is 0. The van der Waals surface area contributed by atoms with Gasteiger partial charge in [-0.1, -0.05) is 73.9 Å². The molecule has 1 fully saturated rings. The molecular formula is C35H37N3O2. The Kier molecular flexibility index (Phi) is 7.29. The lowest BCUT2D eigenvalue weighted by atomic mass is 9.97. The Labute approximate surface area is 237 Å². The van der Waals surface area contributed by atoms with Crippen molar-refractivity contribution in [1.82, 2.24) is 9.47 Å². The van der Waals surface area contributed by atoms with Crippen molar-refractivity contribution in [1.29, 1.82) is 0 Å². The van der Waals surface area contributed by atoms with E-state index < -0.39 is 0 Å². The fraction of sp³-hybridized carbons (Fsp3) is 0.314. The quantitative estimate of drug-likeness (QED) is 0.213. The number of fused-ring (bicyclic) bond motifs is 3. The Morgan fingerprint density at radius 1 is 0.850 bits per heavy atom. The van der Waals surface area contributed by atoms with E-state index in [0.29, 0.717) is 5.56 Å². The van der Waals surface area contributed by atoms with Gasteiger partial charge in [0, 0.05) is 17.8 Å². The van der Waals surface area contributed by atoms with Gasteiger partial charge in [0.15, 0.2) is 0 Å². The number of para-hydroxylation sites is 2. The number of aryl methyl sites for hydroxylation is 2. The number of carbonyl (C=O) groups is 2. The first kappa shape index (κ1) is 26.1. The summed E-state index contributed by atoms with van der Waals surface area (Å²) in [6.07, 6.45) is 8.54. The monoisotopic (exact) mass is 531 g/mol. The van der Waals surface area contributed by atoms with Crippen LogP contribution in [-0.2, 0) is 11.2 Å². The number of anilines is 1. The predicted octanol–water partition coefficient (Wildman–Crippen LogP) is 7.26. The Bertz CT molecular complexity index is 1500. The summed E-state index contributed by atoms with van der Waals surface area (Å²) in [5, 5.41) is 0. The summed E-state index contributed by atoms with van der Waals surface area (Å²) in [4.78, 5) is 31.8. The minimum absolute atomic E-state index is 0.0547. The topological polar surface area (TPSA) is 45.6 Å². The number of rotatable bonds is 9. The summed E-state index contributed by atoms with van der Waals surface area (Å²) in [7, 11) is 0. The van der Waals surface area contributed by atoms with Crippen LogP contribution < -0.4 is 4.90 Å². The first-order chi connectivity index (χ1) is 19.5. The lowest BCUT2D eigenvalue weighted by molar-refractivity contribution is -0.119. The molecular weight excluding hydrogens is 494 g/mol. The second kappa shape index (κ2) is 11.2. The van der Waals surface area contributed by atoms with Crippen LogP contribution >= 0.6 is 0 Å². The molecule has 1 atom stereocenters. The number of carbonyl (C=O) groups excluding carboxylic acids is 2. The first-order valence-corrected chi connectivity index (χ1v) is 14.6. The molecule has 2 heterocycles. The van der Waals surface area contributed by atoms with Gasteiger partial charge >= 0.3 is 0 Å². The molecule has 2 amide bonds. The molecule has 2 aliphatic rings. The third kappa shape index (κ3) is 5.08. The zero-order chi connectivity index (χ0) is 27.6. The Balaban J connectivity index is 1.31. The van der Waals surface area contributed by atoms with Crippen molar-refractivity contribution < 1.29 is 9.59 Å². The maximum absolute atomic E-state index is 14.3. The summed E-state index contributed by atoms with van der Waals surface area (Å²) >= 11 is 0. The molecule has 1 unspecified atom stereocenters. The summed E-state index contributed by atoms with van der Waals surface area (Å²) < 4.78 is 2.18. The smallest absolute Gasteiger partial charge is 0.254 e. The summed E-state index contributed by atoms with van der Waals surface area (Å²) in [6.45, 7) is 4.33. The van der Waals surface area contributed by atoms with E-state index in [1.807, 2.05) is 41.3 Å². The Hall–Kier alpha value is -4.12. The van der Waals surface area contributed by atoms with Gasteiger partial charge in [-0.25, -0.2) is 0 Å². The van der Waals surface area contributed by atoms with Gasteiger partial charge in [0.05, 0.1) is 17.1 Å². The van der Waals surface area contributed by atoms with Gasteiger partial charge < -0.3 is 9.47 Å². The number of benzene rings is 3. The normalized spacial score (nSPS) is 15.8. The van der Waals surface area contributed by atoms with E-state index in [2.05, 4.69) is 73.1 Å². The molecule has 5 nitrogen and oxygen atoms in total. The zero-order valence-electron chi connectivity index (χ0n) is 23.4. The highest BCUT2D eigenvalue weighted by Crippen LogP contribution is 2.42. The fourth-order valence-corrected chi connectivity index (χ4v) is 5.86. The van der Waals surface area contributed by atoms with Crippen LogP contribution in [0.15, 0.2) is 91.1 Å². The van der Waals surface area contributed by atoms with Crippen LogP contribution in [-0.4, -0.2) is 33.9 Å². The number of aromatic nitrogens is 1. The van der Waals surface area contributed by atoms with Crippen molar-refractivity contribution in [3.8, 4) is 5.69 Å². The van der Waals surface area contributed by atoms with E-state index in [0.717, 1.165) is 48.3 Å². The number of unbranched alkanes of at least 4 members (excludes halogenated alkanes) is 2. The maximum Gasteiger partial charge on any atom is 0.254 e. The molecule has 0 bridgehead atoms. The van der Waals surface area contributed by atoms with Gasteiger partial charge in [-0.05, 0) is 80.1 Å². The molecule has 204 valence electrons. The van der Waals surface area contributed by atoms with Gasteiger partial charge in [0.1, 0.15) is 12.6 Å². The maximum atomic E-state index is 14.3. The fourth-order valence-electron chi connectivity index (χ4n) is 5.86. The predicted molar refractivity (Wildman–Crippen MR) is 160 cm³/mol. The van der Waals surface area contributed by atoms with Crippen molar-refractivity contribution >= 4 is 17.5 Å². The van der Waals surface area contributed by atoms with Crippen molar-refractivity contribution in [3.05, 3.63) is 119 Å². The molecule has 4 aromatic rings. The van der Waals surface area contributed by atoms with E-state index in [9.17, 15) is 9.59 Å². The highest BCUT2D eigenvalue weighted by Gasteiger charge is 2.40. The van der Waals surface area contributed by atoms with Crippen LogP contribution in [0.2, 0.25) is 0 Å². The summed E-state index contributed by atoms with van der Waals surface area (Å²) in [5.74, 6) is -0.126. The average Bonchev–Trinajstić information content (AvgIpc) is 3.71. The van der Waals surface area contributed by atoms with Crippen LogP contribution in [0.25, 0.3) is 5.69 Å². The lowest BCUT2D eigenvalue weighted by Gasteiger charge is -2.39. The first-order valence-electron chi connectivity index (χ1n) is 14.6. The van der Waals surface area contributed by atoms with Crippen LogP contribution in [0.4, 0.5) is 5.69 Å². The molecule has 6 rings (SSSR count). The SMILES string of the molecule is CCCCCc1ccc(C(=O)N(CC(=O)N2c3ccccc3-n3cccc3C2c2ccc(C)cc2)C2CC2)cc1. The summed E-state index contributed by atoms with van der Waals surface area (Å²) in [5.41, 5.74) is 7.02. The number of hydrogen-bond acceptors (Lipinski definition) is 2. The largest absolute Gasteiger partial charge is 0.326 e. The van der Waals surface area contributed by atoms with E-state index in [1.54, 1.807) is 4.90 Å². The van der Waals surface area contributed by atoms with Gasteiger partial charge in [0.25, 0.3) is 5.91 Å². The molecule has 0 spiro atoms.